The maximum absolute atomic E-state index is 11.1. The molecule has 84 valence electrons. The Labute approximate surface area is 89.9 Å². The van der Waals surface area contributed by atoms with Crippen LogP contribution in [0.3, 0.4) is 0 Å². The van der Waals surface area contributed by atoms with Gasteiger partial charge in [0, 0.05) is 12.2 Å². The highest BCUT2D eigenvalue weighted by Gasteiger charge is 2.22. The van der Waals surface area contributed by atoms with Crippen LogP contribution in [0.5, 0.6) is 0 Å². The predicted octanol–water partition coefficient (Wildman–Crippen LogP) is 0.974. The summed E-state index contributed by atoms with van der Waals surface area (Å²) in [7, 11) is 0. The van der Waals surface area contributed by atoms with Crippen LogP contribution >= 0.6 is 0 Å². The van der Waals surface area contributed by atoms with Gasteiger partial charge in [-0.3, -0.25) is 14.5 Å². The van der Waals surface area contributed by atoms with E-state index in [0.717, 1.165) is 0 Å². The first-order chi connectivity index (χ1) is 6.90. The van der Waals surface area contributed by atoms with Gasteiger partial charge in [0.15, 0.2) is 0 Å². The van der Waals surface area contributed by atoms with E-state index in [2.05, 4.69) is 20.8 Å². The molecule has 0 aromatic heterocycles. The average molecular weight is 211 g/mol. The summed E-state index contributed by atoms with van der Waals surface area (Å²) in [6.45, 7) is 7.57. The van der Waals surface area contributed by atoms with Gasteiger partial charge in [0.1, 0.15) is 0 Å². The van der Waals surface area contributed by atoms with Gasteiger partial charge in [-0.25, -0.2) is 0 Å². The summed E-state index contributed by atoms with van der Waals surface area (Å²) in [5.74, 6) is -0.501. The zero-order valence-electron chi connectivity index (χ0n) is 9.45. The number of hydrogen-bond acceptors (Lipinski definition) is 3. The predicted molar refractivity (Wildman–Crippen MR) is 56.1 cm³/mol. The summed E-state index contributed by atoms with van der Waals surface area (Å²) in [6, 6.07) is 0. The Kier molecular flexibility index (Phi) is 3.63. The van der Waals surface area contributed by atoms with Crippen LogP contribution in [0, 0.1) is 5.41 Å². The van der Waals surface area contributed by atoms with Crippen LogP contribution in [-0.4, -0.2) is 36.5 Å². The molecular weight excluding hydrogens is 194 g/mol. The van der Waals surface area contributed by atoms with Gasteiger partial charge in [-0.05, 0) is 5.41 Å². The second-order valence-corrected chi connectivity index (χ2v) is 4.77. The number of rotatable bonds is 4. The maximum atomic E-state index is 11.1. The van der Waals surface area contributed by atoms with Crippen LogP contribution in [-0.2, 0) is 14.3 Å². The normalized spacial score (nSPS) is 16.6. The lowest BCUT2D eigenvalue weighted by Crippen LogP contribution is -2.33. The Bertz CT molecular complexity index is 271. The minimum absolute atomic E-state index is 0.108. The minimum Gasteiger partial charge on any atom is -0.379 e. The largest absolute Gasteiger partial charge is 0.379 e. The molecule has 4 nitrogen and oxygen atoms in total. The van der Waals surface area contributed by atoms with Crippen molar-refractivity contribution in [2.45, 2.75) is 20.8 Å². The van der Waals surface area contributed by atoms with Crippen molar-refractivity contribution in [1.29, 1.82) is 0 Å². The minimum atomic E-state index is -0.251. The standard InChI is InChI=1S/C11H17NO3/c1-11(2,3)8-15-7-6-12-9(13)4-5-10(12)14/h4-5H,6-8H2,1-3H3. The quantitative estimate of drug-likeness (QED) is 0.514. The number of hydrogen-bond donors (Lipinski definition) is 0. The Morgan fingerprint density at radius 3 is 2.20 bits per heavy atom. The van der Waals surface area contributed by atoms with E-state index in [4.69, 9.17) is 4.74 Å². The van der Waals surface area contributed by atoms with Crippen LogP contribution < -0.4 is 0 Å². The fraction of sp³-hybridized carbons (Fsp3) is 0.636. The third-order valence-electron chi connectivity index (χ3n) is 1.89. The molecule has 0 unspecified atom stereocenters. The van der Waals surface area contributed by atoms with Crippen molar-refractivity contribution in [3.05, 3.63) is 12.2 Å². The summed E-state index contributed by atoms with van der Waals surface area (Å²) < 4.78 is 5.38. The molecule has 0 saturated carbocycles. The molecule has 0 atom stereocenters. The van der Waals surface area contributed by atoms with E-state index in [0.29, 0.717) is 19.8 Å². The molecule has 0 spiro atoms. The van der Waals surface area contributed by atoms with Crippen molar-refractivity contribution >= 4 is 11.8 Å². The van der Waals surface area contributed by atoms with E-state index in [9.17, 15) is 9.59 Å². The molecule has 0 N–H and O–H groups in total. The number of ether oxygens (including phenoxy) is 1. The van der Waals surface area contributed by atoms with Crippen LogP contribution in [0.25, 0.3) is 0 Å². The van der Waals surface area contributed by atoms with Crippen molar-refractivity contribution < 1.29 is 14.3 Å². The summed E-state index contributed by atoms with van der Waals surface area (Å²) in [5.41, 5.74) is 0.108. The molecule has 1 rings (SSSR count). The van der Waals surface area contributed by atoms with Gasteiger partial charge in [-0.15, -0.1) is 0 Å². The average Bonchev–Trinajstić information content (AvgIpc) is 2.40. The number of carbonyl (C=O) groups excluding carboxylic acids is 2. The van der Waals surface area contributed by atoms with Gasteiger partial charge < -0.3 is 4.74 Å². The SMILES string of the molecule is CC(C)(C)COCCN1C(=O)C=CC1=O. The van der Waals surface area contributed by atoms with Crippen LogP contribution in [0.15, 0.2) is 12.2 Å². The van der Waals surface area contributed by atoms with E-state index in [1.54, 1.807) is 0 Å². The zero-order valence-corrected chi connectivity index (χ0v) is 9.45. The smallest absolute Gasteiger partial charge is 0.253 e. The van der Waals surface area contributed by atoms with E-state index in [-0.39, 0.29) is 17.2 Å². The Hall–Kier alpha value is -1.16. The number of carbonyl (C=O) groups is 2. The Morgan fingerprint density at radius 1 is 1.20 bits per heavy atom. The zero-order chi connectivity index (χ0) is 11.5. The monoisotopic (exact) mass is 211 g/mol. The molecule has 2 amide bonds. The lowest BCUT2D eigenvalue weighted by molar-refractivity contribution is -0.137. The third-order valence-corrected chi connectivity index (χ3v) is 1.89. The summed E-state index contributed by atoms with van der Waals surface area (Å²) in [4.78, 5) is 23.5. The molecule has 0 aromatic rings. The molecule has 0 saturated heterocycles. The van der Waals surface area contributed by atoms with Crippen molar-refractivity contribution in [1.82, 2.24) is 4.90 Å². The topological polar surface area (TPSA) is 46.6 Å². The molecule has 15 heavy (non-hydrogen) atoms. The van der Waals surface area contributed by atoms with Crippen molar-refractivity contribution in [2.24, 2.45) is 5.41 Å². The summed E-state index contributed by atoms with van der Waals surface area (Å²) in [5, 5.41) is 0. The number of amides is 2. The van der Waals surface area contributed by atoms with E-state index >= 15 is 0 Å². The van der Waals surface area contributed by atoms with Gasteiger partial charge in [-0.2, -0.15) is 0 Å². The van der Waals surface area contributed by atoms with Gasteiger partial charge in [0.2, 0.25) is 0 Å². The van der Waals surface area contributed by atoms with Gasteiger partial charge >= 0.3 is 0 Å². The molecule has 0 aliphatic carbocycles. The molecule has 0 fully saturated rings. The van der Waals surface area contributed by atoms with Gasteiger partial charge in [-0.1, -0.05) is 20.8 Å². The molecule has 4 heteroatoms. The third kappa shape index (κ3) is 3.83. The van der Waals surface area contributed by atoms with Crippen LogP contribution in [0.2, 0.25) is 0 Å². The molecule has 0 radical (unpaired) electrons. The lowest BCUT2D eigenvalue weighted by Gasteiger charge is -2.19. The van der Waals surface area contributed by atoms with Crippen LogP contribution in [0.4, 0.5) is 0 Å². The highest BCUT2D eigenvalue weighted by atomic mass is 16.5. The van der Waals surface area contributed by atoms with Crippen molar-refractivity contribution in [3.8, 4) is 0 Å². The van der Waals surface area contributed by atoms with Gasteiger partial charge in [0.25, 0.3) is 11.8 Å². The molecule has 0 aromatic carbocycles. The molecule has 1 aliphatic heterocycles. The summed E-state index contributed by atoms with van der Waals surface area (Å²) >= 11 is 0. The molecule has 0 bridgehead atoms. The van der Waals surface area contributed by atoms with Gasteiger partial charge in [0.05, 0.1) is 19.8 Å². The molecule has 1 heterocycles. The Morgan fingerprint density at radius 2 is 1.73 bits per heavy atom. The fourth-order valence-corrected chi connectivity index (χ4v) is 1.19. The number of imide groups is 1. The maximum Gasteiger partial charge on any atom is 0.253 e. The molecule has 1 aliphatic rings. The Balaban J connectivity index is 2.21. The van der Waals surface area contributed by atoms with Crippen molar-refractivity contribution in [2.75, 3.05) is 19.8 Å². The van der Waals surface area contributed by atoms with Crippen LogP contribution in [0.1, 0.15) is 20.8 Å². The highest BCUT2D eigenvalue weighted by Crippen LogP contribution is 2.12. The second kappa shape index (κ2) is 4.57. The summed E-state index contributed by atoms with van der Waals surface area (Å²) in [6.07, 6.45) is 2.57. The highest BCUT2D eigenvalue weighted by molar-refractivity contribution is 6.12. The molecular formula is C11H17NO3. The lowest BCUT2D eigenvalue weighted by atomic mass is 9.99. The fourth-order valence-electron chi connectivity index (χ4n) is 1.19. The second-order valence-electron chi connectivity index (χ2n) is 4.77. The van der Waals surface area contributed by atoms with E-state index < -0.39 is 0 Å². The first kappa shape index (κ1) is 11.9. The first-order valence-corrected chi connectivity index (χ1v) is 5.01. The first-order valence-electron chi connectivity index (χ1n) is 5.01. The van der Waals surface area contributed by atoms with E-state index in [1.165, 1.54) is 17.1 Å². The number of nitrogens with zero attached hydrogens (tertiary/aromatic N) is 1. The van der Waals surface area contributed by atoms with E-state index in [1.807, 2.05) is 0 Å². The van der Waals surface area contributed by atoms with Crippen molar-refractivity contribution in [3.63, 3.8) is 0 Å².